The molecule has 0 N–H and O–H groups in total. The maximum Gasteiger partial charge on any atom is 0.393 e. The monoisotopic (exact) mass is 350 g/mol. The quantitative estimate of drug-likeness (QED) is 0.623. The first-order chi connectivity index (χ1) is 10.9. The Labute approximate surface area is 144 Å². The van der Waals surface area contributed by atoms with Crippen LogP contribution in [-0.2, 0) is 4.79 Å². The van der Waals surface area contributed by atoms with Crippen molar-refractivity contribution in [2.24, 2.45) is 11.3 Å². The average molecular weight is 350 g/mol. The molecule has 0 aromatic carbocycles. The van der Waals surface area contributed by atoms with E-state index in [9.17, 15) is 18.0 Å². The van der Waals surface area contributed by atoms with E-state index in [1.54, 1.807) is 23.8 Å². The lowest BCUT2D eigenvalue weighted by Gasteiger charge is -2.40. The minimum atomic E-state index is -4.22. The summed E-state index contributed by atoms with van der Waals surface area (Å²) >= 11 is 0. The summed E-state index contributed by atoms with van der Waals surface area (Å²) in [6.07, 6.45) is -0.993. The maximum atomic E-state index is 13.5. The molecule has 0 aliphatic carbocycles. The van der Waals surface area contributed by atoms with Gasteiger partial charge in [-0.3, -0.25) is 9.69 Å². The van der Waals surface area contributed by atoms with Crippen LogP contribution in [0.3, 0.4) is 0 Å². The number of unbranched alkanes of at least 4 members (excludes halogenated alkanes) is 3. The number of carbonyl (C=O) groups is 1. The van der Waals surface area contributed by atoms with Crippen LogP contribution in [-0.4, -0.2) is 47.7 Å². The van der Waals surface area contributed by atoms with E-state index in [0.29, 0.717) is 6.42 Å². The van der Waals surface area contributed by atoms with E-state index in [1.807, 2.05) is 27.7 Å². The molecule has 1 rings (SSSR count). The summed E-state index contributed by atoms with van der Waals surface area (Å²) in [5.41, 5.74) is -0.298. The summed E-state index contributed by atoms with van der Waals surface area (Å²) in [4.78, 5) is 15.7. The van der Waals surface area contributed by atoms with Gasteiger partial charge in [-0.2, -0.15) is 13.2 Å². The Hall–Kier alpha value is -0.780. The molecule has 3 atom stereocenters. The van der Waals surface area contributed by atoms with Gasteiger partial charge in [0.1, 0.15) is 0 Å². The standard InChI is InChI=1S/C18H33F3N2O/c1-7-8-9-10-11-14(18(19,20)21)12-23-13(2)15(24)22(6)16(23)17(3,4)5/h13-14,16H,7-12H2,1-6H3/t13-,14-,16-/m0/s1. The van der Waals surface area contributed by atoms with Crippen LogP contribution in [0.1, 0.15) is 66.7 Å². The van der Waals surface area contributed by atoms with Gasteiger partial charge in [0.05, 0.1) is 18.1 Å². The van der Waals surface area contributed by atoms with Crippen LogP contribution in [0.5, 0.6) is 0 Å². The number of hydrogen-bond acceptors (Lipinski definition) is 2. The van der Waals surface area contributed by atoms with Crippen molar-refractivity contribution in [1.29, 1.82) is 0 Å². The van der Waals surface area contributed by atoms with Crippen molar-refractivity contribution in [3.05, 3.63) is 0 Å². The molecule has 0 unspecified atom stereocenters. The van der Waals surface area contributed by atoms with E-state index in [2.05, 4.69) is 0 Å². The Morgan fingerprint density at radius 1 is 1.12 bits per heavy atom. The van der Waals surface area contributed by atoms with E-state index in [4.69, 9.17) is 0 Å². The minimum absolute atomic E-state index is 0.0955. The lowest BCUT2D eigenvalue weighted by Crippen LogP contribution is -2.50. The highest BCUT2D eigenvalue weighted by Crippen LogP contribution is 2.38. The number of likely N-dealkylation sites (N-methyl/N-ethyl adjacent to an activating group) is 1. The molecule has 0 aromatic heterocycles. The van der Waals surface area contributed by atoms with E-state index < -0.39 is 18.1 Å². The smallest absolute Gasteiger partial charge is 0.328 e. The van der Waals surface area contributed by atoms with Crippen molar-refractivity contribution in [2.75, 3.05) is 13.6 Å². The van der Waals surface area contributed by atoms with Gasteiger partial charge in [0.2, 0.25) is 5.91 Å². The Bertz CT molecular complexity index is 417. The van der Waals surface area contributed by atoms with E-state index in [-0.39, 0.29) is 30.5 Å². The average Bonchev–Trinajstić information content (AvgIpc) is 2.65. The summed E-state index contributed by atoms with van der Waals surface area (Å²) in [5.74, 6) is -1.47. The number of hydrogen-bond donors (Lipinski definition) is 0. The summed E-state index contributed by atoms with van der Waals surface area (Å²) in [6.45, 7) is 9.56. The van der Waals surface area contributed by atoms with Gasteiger partial charge < -0.3 is 4.90 Å². The van der Waals surface area contributed by atoms with Gasteiger partial charge in [0.15, 0.2) is 0 Å². The molecule has 6 heteroatoms. The first kappa shape index (κ1) is 21.3. The number of nitrogens with zero attached hydrogens (tertiary/aromatic N) is 2. The molecule has 1 saturated heterocycles. The van der Waals surface area contributed by atoms with Crippen LogP contribution < -0.4 is 0 Å². The molecular formula is C18H33F3N2O. The predicted octanol–water partition coefficient (Wildman–Crippen LogP) is 4.67. The second-order valence-electron chi connectivity index (χ2n) is 8.15. The first-order valence-electron chi connectivity index (χ1n) is 9.00. The second-order valence-corrected chi connectivity index (χ2v) is 8.15. The van der Waals surface area contributed by atoms with Crippen molar-refractivity contribution in [2.45, 2.75) is 85.1 Å². The fraction of sp³-hybridized carbons (Fsp3) is 0.944. The molecule has 0 radical (unpaired) electrons. The predicted molar refractivity (Wildman–Crippen MR) is 90.5 cm³/mol. The molecule has 3 nitrogen and oxygen atoms in total. The zero-order valence-electron chi connectivity index (χ0n) is 15.9. The molecule has 1 fully saturated rings. The zero-order chi connectivity index (χ0) is 18.7. The van der Waals surface area contributed by atoms with Crippen LogP contribution in [0.15, 0.2) is 0 Å². The van der Waals surface area contributed by atoms with Gasteiger partial charge in [-0.15, -0.1) is 0 Å². The van der Waals surface area contributed by atoms with E-state index in [1.165, 1.54) is 0 Å². The second kappa shape index (κ2) is 8.07. The number of alkyl halides is 3. The van der Waals surface area contributed by atoms with Gasteiger partial charge in [0.25, 0.3) is 0 Å². The Morgan fingerprint density at radius 3 is 2.17 bits per heavy atom. The molecule has 1 heterocycles. The fourth-order valence-corrected chi connectivity index (χ4v) is 3.76. The number of rotatable bonds is 7. The largest absolute Gasteiger partial charge is 0.393 e. The van der Waals surface area contributed by atoms with Crippen LogP contribution in [0.2, 0.25) is 0 Å². The van der Waals surface area contributed by atoms with E-state index >= 15 is 0 Å². The highest BCUT2D eigenvalue weighted by atomic mass is 19.4. The van der Waals surface area contributed by atoms with Crippen molar-refractivity contribution in [3.8, 4) is 0 Å². The lowest BCUT2D eigenvalue weighted by atomic mass is 9.90. The fourth-order valence-electron chi connectivity index (χ4n) is 3.76. The van der Waals surface area contributed by atoms with Crippen LogP contribution in [0.25, 0.3) is 0 Å². The van der Waals surface area contributed by atoms with Crippen molar-refractivity contribution in [3.63, 3.8) is 0 Å². The SMILES string of the molecule is CCCCCC[C@@H](CN1[C@@H](C)C(=O)N(C)[C@@H]1C(C)(C)C)C(F)(F)F. The van der Waals surface area contributed by atoms with Crippen LogP contribution in [0.4, 0.5) is 13.2 Å². The topological polar surface area (TPSA) is 23.6 Å². The molecule has 0 spiro atoms. The minimum Gasteiger partial charge on any atom is -0.328 e. The van der Waals surface area contributed by atoms with Gasteiger partial charge in [-0.1, -0.05) is 53.4 Å². The maximum absolute atomic E-state index is 13.5. The molecule has 1 amide bonds. The van der Waals surface area contributed by atoms with Gasteiger partial charge >= 0.3 is 6.18 Å². The third kappa shape index (κ3) is 5.11. The highest BCUT2D eigenvalue weighted by Gasteiger charge is 2.50. The summed E-state index contributed by atoms with van der Waals surface area (Å²) < 4.78 is 40.5. The molecule has 1 aliphatic rings. The molecule has 0 aromatic rings. The number of halogens is 3. The summed E-state index contributed by atoms with van der Waals surface area (Å²) in [7, 11) is 1.69. The molecular weight excluding hydrogens is 317 g/mol. The van der Waals surface area contributed by atoms with Crippen molar-refractivity contribution < 1.29 is 18.0 Å². The Balaban J connectivity index is 2.91. The summed E-state index contributed by atoms with van der Waals surface area (Å²) in [5, 5.41) is 0. The van der Waals surface area contributed by atoms with E-state index in [0.717, 1.165) is 19.3 Å². The Morgan fingerprint density at radius 2 is 1.71 bits per heavy atom. The highest BCUT2D eigenvalue weighted by molar-refractivity contribution is 5.83. The molecule has 142 valence electrons. The first-order valence-corrected chi connectivity index (χ1v) is 9.00. The summed E-state index contributed by atoms with van der Waals surface area (Å²) in [6, 6.07) is -0.500. The van der Waals surface area contributed by atoms with Crippen molar-refractivity contribution >= 4 is 5.91 Å². The molecule has 1 aliphatic heterocycles. The van der Waals surface area contributed by atoms with Gasteiger partial charge in [-0.25, -0.2) is 0 Å². The van der Waals surface area contributed by atoms with Gasteiger partial charge in [-0.05, 0) is 18.8 Å². The Kier molecular flexibility index (Phi) is 7.15. The number of carbonyl (C=O) groups excluding carboxylic acids is 1. The lowest BCUT2D eigenvalue weighted by molar-refractivity contribution is -0.185. The number of amides is 1. The van der Waals surface area contributed by atoms with Crippen molar-refractivity contribution in [1.82, 2.24) is 9.80 Å². The molecule has 24 heavy (non-hydrogen) atoms. The third-order valence-corrected chi connectivity index (χ3v) is 4.96. The normalized spacial score (nSPS) is 24.7. The molecule has 0 bridgehead atoms. The zero-order valence-corrected chi connectivity index (χ0v) is 15.9. The molecule has 0 saturated carbocycles. The van der Waals surface area contributed by atoms with Crippen LogP contribution in [0, 0.1) is 11.3 Å². The third-order valence-electron chi connectivity index (χ3n) is 4.96. The van der Waals surface area contributed by atoms with Crippen LogP contribution >= 0.6 is 0 Å². The van der Waals surface area contributed by atoms with Gasteiger partial charge in [0, 0.05) is 13.6 Å².